The molecule has 1 saturated heterocycles. The van der Waals surface area contributed by atoms with Gasteiger partial charge in [-0.1, -0.05) is 29.8 Å². The molecule has 3 rings (SSSR count). The van der Waals surface area contributed by atoms with Gasteiger partial charge in [-0.3, -0.25) is 4.99 Å². The Morgan fingerprint density at radius 3 is 2.70 bits per heavy atom. The second-order valence-corrected chi connectivity index (χ2v) is 8.62. The predicted molar refractivity (Wildman–Crippen MR) is 138 cm³/mol. The van der Waals surface area contributed by atoms with Crippen LogP contribution in [0.4, 0.5) is 0 Å². The normalized spacial score (nSPS) is 15.0. The SMILES string of the molecule is CCNC(=NCCc1csc(-c2ccc(C)cc2)n1)N(C)CCC1CCOCC1.I. The van der Waals surface area contributed by atoms with E-state index in [0.29, 0.717) is 0 Å². The Kier molecular flexibility index (Phi) is 11.1. The van der Waals surface area contributed by atoms with Gasteiger partial charge in [-0.2, -0.15) is 0 Å². The molecule has 0 bridgehead atoms. The second-order valence-electron chi connectivity index (χ2n) is 7.76. The lowest BCUT2D eigenvalue weighted by Gasteiger charge is -2.26. The molecule has 0 amide bonds. The van der Waals surface area contributed by atoms with Crippen LogP contribution in [0.15, 0.2) is 34.6 Å². The fraction of sp³-hybridized carbons (Fsp3) is 0.565. The van der Waals surface area contributed by atoms with Gasteiger partial charge in [0.2, 0.25) is 0 Å². The molecule has 1 fully saturated rings. The number of hydrogen-bond donors (Lipinski definition) is 1. The summed E-state index contributed by atoms with van der Waals surface area (Å²) in [5.74, 6) is 1.78. The molecule has 2 heterocycles. The summed E-state index contributed by atoms with van der Waals surface area (Å²) >= 11 is 1.71. The quantitative estimate of drug-likeness (QED) is 0.290. The van der Waals surface area contributed by atoms with Gasteiger partial charge in [0.25, 0.3) is 0 Å². The zero-order valence-electron chi connectivity index (χ0n) is 18.4. The lowest BCUT2D eigenvalue weighted by atomic mass is 9.96. The maximum Gasteiger partial charge on any atom is 0.193 e. The summed E-state index contributed by atoms with van der Waals surface area (Å²) < 4.78 is 5.47. The molecule has 0 spiro atoms. The summed E-state index contributed by atoms with van der Waals surface area (Å²) in [4.78, 5) is 11.9. The van der Waals surface area contributed by atoms with E-state index in [1.54, 1.807) is 11.3 Å². The molecule has 0 saturated carbocycles. The average Bonchev–Trinajstić information content (AvgIpc) is 3.21. The highest BCUT2D eigenvalue weighted by Crippen LogP contribution is 2.24. The third-order valence-corrected chi connectivity index (χ3v) is 6.33. The molecule has 2 aromatic rings. The van der Waals surface area contributed by atoms with E-state index in [1.165, 1.54) is 30.4 Å². The number of benzene rings is 1. The Bertz CT molecular complexity index is 772. The van der Waals surface area contributed by atoms with Crippen molar-refractivity contribution < 1.29 is 4.74 Å². The van der Waals surface area contributed by atoms with Crippen LogP contribution in [-0.4, -0.2) is 55.7 Å². The molecule has 0 atom stereocenters. The Morgan fingerprint density at radius 2 is 2.00 bits per heavy atom. The van der Waals surface area contributed by atoms with Crippen molar-refractivity contribution in [2.24, 2.45) is 10.9 Å². The van der Waals surface area contributed by atoms with E-state index in [1.807, 2.05) is 0 Å². The molecule has 7 heteroatoms. The third kappa shape index (κ3) is 7.81. The first-order valence-corrected chi connectivity index (χ1v) is 11.6. The zero-order chi connectivity index (χ0) is 20.5. The van der Waals surface area contributed by atoms with Gasteiger partial charge in [-0.25, -0.2) is 4.98 Å². The van der Waals surface area contributed by atoms with Crippen LogP contribution < -0.4 is 5.32 Å². The highest BCUT2D eigenvalue weighted by molar-refractivity contribution is 14.0. The molecule has 0 radical (unpaired) electrons. The van der Waals surface area contributed by atoms with Crippen LogP contribution in [0, 0.1) is 12.8 Å². The number of ether oxygens (including phenoxy) is 1. The molecule has 166 valence electrons. The second kappa shape index (κ2) is 13.3. The van der Waals surface area contributed by atoms with E-state index in [9.17, 15) is 0 Å². The summed E-state index contributed by atoms with van der Waals surface area (Å²) in [5, 5.41) is 6.67. The fourth-order valence-electron chi connectivity index (χ4n) is 3.51. The Labute approximate surface area is 202 Å². The van der Waals surface area contributed by atoms with Crippen LogP contribution in [0.1, 0.15) is 37.4 Å². The Hall–Kier alpha value is -1.19. The number of aromatic nitrogens is 1. The van der Waals surface area contributed by atoms with Gasteiger partial charge in [0.15, 0.2) is 5.96 Å². The van der Waals surface area contributed by atoms with E-state index in [-0.39, 0.29) is 24.0 Å². The van der Waals surface area contributed by atoms with Gasteiger partial charge in [-0.15, -0.1) is 35.3 Å². The van der Waals surface area contributed by atoms with Crippen molar-refractivity contribution in [1.82, 2.24) is 15.2 Å². The van der Waals surface area contributed by atoms with Crippen molar-refractivity contribution in [3.8, 4) is 10.6 Å². The largest absolute Gasteiger partial charge is 0.381 e. The number of nitrogens with one attached hydrogen (secondary N) is 1. The molecule has 1 N–H and O–H groups in total. The van der Waals surface area contributed by atoms with Gasteiger partial charge in [0, 0.05) is 57.3 Å². The molecular formula is C23H35IN4OS. The van der Waals surface area contributed by atoms with Gasteiger partial charge >= 0.3 is 0 Å². The summed E-state index contributed by atoms with van der Waals surface area (Å²) in [6, 6.07) is 8.57. The van der Waals surface area contributed by atoms with Crippen molar-refractivity contribution >= 4 is 41.3 Å². The topological polar surface area (TPSA) is 49.8 Å². The predicted octanol–water partition coefficient (Wildman–Crippen LogP) is 4.99. The van der Waals surface area contributed by atoms with Gasteiger partial charge in [-0.05, 0) is 39.0 Å². The van der Waals surface area contributed by atoms with Crippen LogP contribution in [0.2, 0.25) is 0 Å². The number of rotatable bonds is 8. The third-order valence-electron chi connectivity index (χ3n) is 5.39. The number of aryl methyl sites for hydroxylation is 1. The number of halogens is 1. The molecule has 30 heavy (non-hydrogen) atoms. The van der Waals surface area contributed by atoms with Crippen molar-refractivity contribution in [1.29, 1.82) is 0 Å². The summed E-state index contributed by atoms with van der Waals surface area (Å²) in [5.41, 5.74) is 3.59. The molecular weight excluding hydrogens is 507 g/mol. The van der Waals surface area contributed by atoms with Crippen LogP contribution in [-0.2, 0) is 11.2 Å². The van der Waals surface area contributed by atoms with Crippen LogP contribution in [0.3, 0.4) is 0 Å². The first kappa shape index (κ1) is 25.1. The maximum absolute atomic E-state index is 5.47. The molecule has 0 aliphatic carbocycles. The van der Waals surface area contributed by atoms with Crippen molar-refractivity contribution in [2.75, 3.05) is 39.9 Å². The van der Waals surface area contributed by atoms with Crippen LogP contribution in [0.25, 0.3) is 10.6 Å². The molecule has 1 aromatic heterocycles. The van der Waals surface area contributed by atoms with Crippen molar-refractivity contribution in [2.45, 2.75) is 39.5 Å². The number of aliphatic imine (C=N–C) groups is 1. The number of thiazole rings is 1. The minimum absolute atomic E-state index is 0. The first-order valence-electron chi connectivity index (χ1n) is 10.7. The van der Waals surface area contributed by atoms with E-state index in [2.05, 4.69) is 60.8 Å². The smallest absolute Gasteiger partial charge is 0.193 e. The minimum Gasteiger partial charge on any atom is -0.381 e. The first-order chi connectivity index (χ1) is 14.2. The zero-order valence-corrected chi connectivity index (χ0v) is 21.5. The number of guanidine groups is 1. The average molecular weight is 543 g/mol. The lowest BCUT2D eigenvalue weighted by Crippen LogP contribution is -2.40. The fourth-order valence-corrected chi connectivity index (χ4v) is 4.37. The van der Waals surface area contributed by atoms with Gasteiger partial charge < -0.3 is 15.0 Å². The molecule has 5 nitrogen and oxygen atoms in total. The molecule has 1 aromatic carbocycles. The maximum atomic E-state index is 5.47. The number of hydrogen-bond acceptors (Lipinski definition) is 4. The van der Waals surface area contributed by atoms with E-state index in [4.69, 9.17) is 14.7 Å². The summed E-state index contributed by atoms with van der Waals surface area (Å²) in [7, 11) is 2.14. The molecule has 1 aliphatic rings. The highest BCUT2D eigenvalue weighted by Gasteiger charge is 2.15. The van der Waals surface area contributed by atoms with Crippen molar-refractivity contribution in [3.63, 3.8) is 0 Å². The monoisotopic (exact) mass is 542 g/mol. The highest BCUT2D eigenvalue weighted by atomic mass is 127. The van der Waals surface area contributed by atoms with Gasteiger partial charge in [0.1, 0.15) is 5.01 Å². The molecule has 1 aliphatic heterocycles. The van der Waals surface area contributed by atoms with Crippen LogP contribution in [0.5, 0.6) is 0 Å². The Morgan fingerprint density at radius 1 is 1.27 bits per heavy atom. The Balaban J connectivity index is 0.00000320. The van der Waals surface area contributed by atoms with E-state index in [0.717, 1.165) is 61.8 Å². The summed E-state index contributed by atoms with van der Waals surface area (Å²) in [6.07, 6.45) is 4.45. The van der Waals surface area contributed by atoms with Crippen LogP contribution >= 0.6 is 35.3 Å². The van der Waals surface area contributed by atoms with Crippen molar-refractivity contribution in [3.05, 3.63) is 40.9 Å². The lowest BCUT2D eigenvalue weighted by molar-refractivity contribution is 0.0625. The van der Waals surface area contributed by atoms with E-state index < -0.39 is 0 Å². The summed E-state index contributed by atoms with van der Waals surface area (Å²) in [6.45, 7) is 8.73. The van der Waals surface area contributed by atoms with Gasteiger partial charge in [0.05, 0.1) is 5.69 Å². The number of nitrogens with zero attached hydrogens (tertiary/aromatic N) is 3. The minimum atomic E-state index is 0. The molecule has 0 unspecified atom stereocenters. The van der Waals surface area contributed by atoms with E-state index >= 15 is 0 Å². The standard InChI is InChI=1S/C23H34N4OS.HI/c1-4-24-23(27(3)14-10-19-11-15-28-16-12-19)25-13-9-21-17-29-22(26-21)20-7-5-18(2)6-8-20;/h5-8,17,19H,4,9-16H2,1-3H3,(H,24,25);1H.